The summed E-state index contributed by atoms with van der Waals surface area (Å²) >= 11 is 4.08. The van der Waals surface area contributed by atoms with Crippen molar-refractivity contribution in [2.75, 3.05) is 0 Å². The molecule has 0 bridgehead atoms. The molecule has 0 spiro atoms. The third-order valence-corrected chi connectivity index (χ3v) is 0.429. The molecule has 8 heteroatoms. The molecule has 0 saturated heterocycles. The van der Waals surface area contributed by atoms with E-state index in [1.807, 2.05) is 0 Å². The highest BCUT2D eigenvalue weighted by molar-refractivity contribution is 6.28. The van der Waals surface area contributed by atoms with Gasteiger partial charge in [-0.25, -0.2) is 0 Å². The van der Waals surface area contributed by atoms with Crippen LogP contribution in [0.15, 0.2) is 23.5 Å². The van der Waals surface area contributed by atoms with Crippen LogP contribution in [0.25, 0.3) is 0 Å². The number of rotatable bonds is 0. The van der Waals surface area contributed by atoms with Gasteiger partial charge in [0.2, 0.25) is 0 Å². The van der Waals surface area contributed by atoms with Gasteiger partial charge in [-0.1, -0.05) is 0 Å². The van der Waals surface area contributed by atoms with Crippen LogP contribution >= 0.6 is 11.6 Å². The summed E-state index contributed by atoms with van der Waals surface area (Å²) in [4.78, 5) is 0. The minimum absolute atomic E-state index is 1.94. The average molecular weight is 216 g/mol. The fourth-order valence-corrected chi connectivity index (χ4v) is 0. The van der Waals surface area contributed by atoms with E-state index < -0.39 is 23.5 Å². The zero-order valence-corrected chi connectivity index (χ0v) is 5.78. The Kier molecular flexibility index (Phi) is 8.03. The third-order valence-electron chi connectivity index (χ3n) is 0.286. The average Bonchev–Trinajstić information content (AvgIpc) is 1.88. The first-order valence-corrected chi connectivity index (χ1v) is 2.39. The fraction of sp³-hybridized carbons (Fsp3) is 0. The minimum Gasteiger partial charge on any atom is -0.188 e. The number of hydrogen-bond donors (Lipinski definition) is 0. The van der Waals surface area contributed by atoms with Crippen LogP contribution in [0.2, 0.25) is 0 Å². The quantitative estimate of drug-likeness (QED) is 0.531. The molecule has 0 saturated carbocycles. The van der Waals surface area contributed by atoms with Gasteiger partial charge < -0.3 is 0 Å². The van der Waals surface area contributed by atoms with Gasteiger partial charge in [-0.15, -0.1) is 0 Å². The van der Waals surface area contributed by atoms with Crippen molar-refractivity contribution < 1.29 is 30.7 Å². The van der Waals surface area contributed by atoms with E-state index in [1.165, 1.54) is 0 Å². The Morgan fingerprint density at radius 2 is 0.750 bits per heavy atom. The summed E-state index contributed by atoms with van der Waals surface area (Å²) in [5.74, 6) is 0. The summed E-state index contributed by atoms with van der Waals surface area (Å²) in [5.41, 5.74) is 0. The Morgan fingerprint density at radius 3 is 0.750 bits per heavy atom. The SMILES string of the molecule is FC(F)=C(F)Cl.FC(F)=C(F)F. The van der Waals surface area contributed by atoms with E-state index in [-0.39, 0.29) is 0 Å². The summed E-state index contributed by atoms with van der Waals surface area (Å²) in [5, 5.41) is -1.94. The lowest BCUT2D eigenvalue weighted by molar-refractivity contribution is 0.308. The molecule has 72 valence electrons. The van der Waals surface area contributed by atoms with Crippen molar-refractivity contribution in [2.45, 2.75) is 0 Å². The maximum Gasteiger partial charge on any atom is 0.334 e. The molecule has 0 heterocycles. The Morgan fingerprint density at radius 1 is 0.583 bits per heavy atom. The molecule has 0 amide bonds. The highest BCUT2D eigenvalue weighted by atomic mass is 35.5. The van der Waals surface area contributed by atoms with Crippen LogP contribution in [-0.4, -0.2) is 0 Å². The summed E-state index contributed by atoms with van der Waals surface area (Å²) in [7, 11) is 0. The van der Waals surface area contributed by atoms with Crippen molar-refractivity contribution >= 4 is 11.6 Å². The summed E-state index contributed by atoms with van der Waals surface area (Å²) < 4.78 is 72.9. The molecule has 0 aliphatic heterocycles. The zero-order chi connectivity index (χ0) is 10.3. The van der Waals surface area contributed by atoms with Crippen molar-refractivity contribution in [3.63, 3.8) is 0 Å². The monoisotopic (exact) mass is 216 g/mol. The van der Waals surface area contributed by atoms with E-state index in [4.69, 9.17) is 0 Å². The van der Waals surface area contributed by atoms with Gasteiger partial charge in [0.1, 0.15) is 0 Å². The van der Waals surface area contributed by atoms with Gasteiger partial charge in [0.25, 0.3) is 5.29 Å². The second kappa shape index (κ2) is 6.96. The predicted octanol–water partition coefficient (Wildman–Crippen LogP) is 4.25. The van der Waals surface area contributed by atoms with Crippen LogP contribution in [0.4, 0.5) is 30.7 Å². The van der Waals surface area contributed by atoms with Crippen LogP contribution in [0.5, 0.6) is 0 Å². The molecule has 0 rings (SSSR count). The predicted molar refractivity (Wildman–Crippen MR) is 27.7 cm³/mol. The second-order valence-electron chi connectivity index (χ2n) is 1.04. The van der Waals surface area contributed by atoms with E-state index in [1.54, 1.807) is 0 Å². The Balaban J connectivity index is 0. The van der Waals surface area contributed by atoms with E-state index in [0.29, 0.717) is 0 Å². The lowest BCUT2D eigenvalue weighted by Crippen LogP contribution is -1.56. The summed E-state index contributed by atoms with van der Waals surface area (Å²) in [6.07, 6.45) is -8.29. The van der Waals surface area contributed by atoms with Crippen molar-refractivity contribution in [1.29, 1.82) is 0 Å². The number of halogens is 8. The van der Waals surface area contributed by atoms with Gasteiger partial charge in [0.05, 0.1) is 0 Å². The van der Waals surface area contributed by atoms with Crippen LogP contribution in [0.3, 0.4) is 0 Å². The second-order valence-corrected chi connectivity index (χ2v) is 1.37. The molecule has 0 fully saturated rings. The first kappa shape index (κ1) is 13.8. The molecule has 0 atom stereocenters. The standard InChI is InChI=1S/C2ClF3.C2F4/c2*3-1(4)2(5)6. The van der Waals surface area contributed by atoms with Gasteiger partial charge in [0.15, 0.2) is 0 Å². The lowest BCUT2D eigenvalue weighted by Gasteiger charge is -1.70. The third kappa shape index (κ3) is 12.0. The van der Waals surface area contributed by atoms with Crippen LogP contribution in [-0.2, 0) is 0 Å². The minimum atomic E-state index is -2.91. The van der Waals surface area contributed by atoms with Crippen molar-refractivity contribution in [1.82, 2.24) is 0 Å². The molecular weight excluding hydrogens is 216 g/mol. The van der Waals surface area contributed by atoms with Gasteiger partial charge in [-0.2, -0.15) is 30.7 Å². The molecule has 0 aromatic carbocycles. The van der Waals surface area contributed by atoms with Gasteiger partial charge in [-0.3, -0.25) is 0 Å². The molecule has 0 aromatic rings. The van der Waals surface area contributed by atoms with Crippen LogP contribution in [0, 0.1) is 0 Å². The maximum absolute atomic E-state index is 10.7. The summed E-state index contributed by atoms with van der Waals surface area (Å²) in [6, 6.07) is 0. The number of hydrogen-bond acceptors (Lipinski definition) is 0. The highest BCUT2D eigenvalue weighted by Gasteiger charge is 1.98. The maximum atomic E-state index is 10.7. The Labute approximate surface area is 66.9 Å². The molecular formula is C4ClF7. The van der Waals surface area contributed by atoms with E-state index in [9.17, 15) is 30.7 Å². The molecule has 0 aliphatic rings. The van der Waals surface area contributed by atoms with E-state index in [2.05, 4.69) is 11.6 Å². The Bertz CT molecular complexity index is 138. The van der Waals surface area contributed by atoms with Crippen molar-refractivity contribution in [2.24, 2.45) is 0 Å². The molecule has 0 unspecified atom stereocenters. The van der Waals surface area contributed by atoms with Gasteiger partial charge >= 0.3 is 18.2 Å². The molecule has 0 radical (unpaired) electrons. The smallest absolute Gasteiger partial charge is 0.188 e. The molecule has 0 aliphatic carbocycles. The molecule has 12 heavy (non-hydrogen) atoms. The first-order chi connectivity index (χ1) is 5.29. The highest BCUT2D eigenvalue weighted by Crippen LogP contribution is 2.11. The topological polar surface area (TPSA) is 0 Å². The normalized spacial score (nSPS) is 8.00. The molecule has 0 aromatic heterocycles. The molecule has 0 nitrogen and oxygen atoms in total. The largest absolute Gasteiger partial charge is 0.334 e. The van der Waals surface area contributed by atoms with Crippen LogP contribution < -0.4 is 0 Å². The van der Waals surface area contributed by atoms with Gasteiger partial charge in [-0.05, 0) is 11.6 Å². The van der Waals surface area contributed by atoms with Crippen LogP contribution in [0.1, 0.15) is 0 Å². The lowest BCUT2D eigenvalue weighted by atomic mass is 11.1. The Hall–Kier alpha value is -0.720. The van der Waals surface area contributed by atoms with Crippen molar-refractivity contribution in [3.8, 4) is 0 Å². The fourth-order valence-electron chi connectivity index (χ4n) is 0. The van der Waals surface area contributed by atoms with Gasteiger partial charge in [0, 0.05) is 0 Å². The summed E-state index contributed by atoms with van der Waals surface area (Å²) in [6.45, 7) is 0. The first-order valence-electron chi connectivity index (χ1n) is 2.01. The van der Waals surface area contributed by atoms with Crippen molar-refractivity contribution in [3.05, 3.63) is 23.5 Å². The van der Waals surface area contributed by atoms with E-state index in [0.717, 1.165) is 0 Å². The molecule has 0 N–H and O–H groups in total. The van der Waals surface area contributed by atoms with E-state index >= 15 is 0 Å². The zero-order valence-electron chi connectivity index (χ0n) is 5.02.